The smallest absolute Gasteiger partial charge is 0.241 e. The van der Waals surface area contributed by atoms with E-state index in [4.69, 9.17) is 5.73 Å². The number of nitrogens with two attached hydrogens (primary N) is 1. The number of rotatable bonds is 5. The van der Waals surface area contributed by atoms with E-state index in [-0.39, 0.29) is 12.5 Å². The van der Waals surface area contributed by atoms with Crippen molar-refractivity contribution in [1.29, 1.82) is 0 Å². The number of nitrogens with zero attached hydrogens (tertiary/aromatic N) is 3. The molecule has 1 aliphatic heterocycles. The fourth-order valence-corrected chi connectivity index (χ4v) is 2.36. The average molecular weight is 277 g/mol. The minimum absolute atomic E-state index is 0.124. The third-order valence-electron chi connectivity index (χ3n) is 3.40. The Morgan fingerprint density at radius 2 is 2.10 bits per heavy atom. The molecule has 1 fully saturated rings. The first-order chi connectivity index (χ1) is 9.69. The number of nitrogens with one attached hydrogen (secondary N) is 1. The molecule has 0 aliphatic carbocycles. The first-order valence-corrected chi connectivity index (χ1v) is 7.34. The predicted octanol–water partition coefficient (Wildman–Crippen LogP) is 1.44. The summed E-state index contributed by atoms with van der Waals surface area (Å²) in [6.45, 7) is 4.07. The highest BCUT2D eigenvalue weighted by Crippen LogP contribution is 2.11. The number of anilines is 2. The molecule has 2 heterocycles. The summed E-state index contributed by atoms with van der Waals surface area (Å²) in [6, 6.07) is 1.67. The molecule has 110 valence electrons. The first kappa shape index (κ1) is 14.6. The zero-order valence-electron chi connectivity index (χ0n) is 12.1. The van der Waals surface area contributed by atoms with Crippen molar-refractivity contribution >= 4 is 17.5 Å². The molecule has 0 aromatic carbocycles. The van der Waals surface area contributed by atoms with E-state index in [0.29, 0.717) is 11.6 Å². The minimum Gasteiger partial charge on any atom is -0.384 e. The fraction of sp³-hybridized carbons (Fsp3) is 0.643. The van der Waals surface area contributed by atoms with Gasteiger partial charge in [0.1, 0.15) is 17.5 Å². The highest BCUT2D eigenvalue weighted by atomic mass is 16.2. The van der Waals surface area contributed by atoms with Crippen LogP contribution in [0.5, 0.6) is 0 Å². The van der Waals surface area contributed by atoms with Crippen LogP contribution in [-0.4, -0.2) is 40.4 Å². The van der Waals surface area contributed by atoms with Crippen LogP contribution in [0.4, 0.5) is 11.6 Å². The summed E-state index contributed by atoms with van der Waals surface area (Å²) >= 11 is 0. The number of carbonyl (C=O) groups excluding carboxylic acids is 1. The maximum absolute atomic E-state index is 12.1. The fourth-order valence-electron chi connectivity index (χ4n) is 2.36. The van der Waals surface area contributed by atoms with Crippen LogP contribution in [0.2, 0.25) is 0 Å². The van der Waals surface area contributed by atoms with Gasteiger partial charge in [-0.1, -0.05) is 6.92 Å². The Bertz CT molecular complexity index is 457. The van der Waals surface area contributed by atoms with Gasteiger partial charge in [-0.15, -0.1) is 0 Å². The van der Waals surface area contributed by atoms with Crippen molar-refractivity contribution in [3.8, 4) is 0 Å². The summed E-state index contributed by atoms with van der Waals surface area (Å²) in [5, 5.41) is 3.06. The lowest BCUT2D eigenvalue weighted by atomic mass is 10.1. The Morgan fingerprint density at radius 1 is 1.35 bits per heavy atom. The van der Waals surface area contributed by atoms with Gasteiger partial charge in [0.05, 0.1) is 6.54 Å². The molecular formula is C14H23N5O. The first-order valence-electron chi connectivity index (χ1n) is 7.34. The Morgan fingerprint density at radius 3 is 2.80 bits per heavy atom. The summed E-state index contributed by atoms with van der Waals surface area (Å²) in [6.07, 6.45) is 5.19. The monoisotopic (exact) mass is 277 g/mol. The van der Waals surface area contributed by atoms with Crippen LogP contribution in [0.25, 0.3) is 0 Å². The molecule has 1 aromatic rings. The van der Waals surface area contributed by atoms with Crippen molar-refractivity contribution in [3.63, 3.8) is 0 Å². The Balaban J connectivity index is 1.90. The van der Waals surface area contributed by atoms with Crippen LogP contribution in [0.3, 0.4) is 0 Å². The number of aryl methyl sites for hydroxylation is 1. The van der Waals surface area contributed by atoms with Crippen LogP contribution >= 0.6 is 0 Å². The summed E-state index contributed by atoms with van der Waals surface area (Å²) in [5.41, 5.74) is 5.75. The zero-order chi connectivity index (χ0) is 14.4. The maximum Gasteiger partial charge on any atom is 0.241 e. The molecule has 0 unspecified atom stereocenters. The summed E-state index contributed by atoms with van der Waals surface area (Å²) in [5.74, 6) is 1.92. The van der Waals surface area contributed by atoms with Crippen molar-refractivity contribution in [3.05, 3.63) is 11.9 Å². The molecule has 1 aromatic heterocycles. The number of nitrogen functional groups attached to an aromatic ring is 1. The zero-order valence-corrected chi connectivity index (χ0v) is 12.1. The van der Waals surface area contributed by atoms with E-state index in [0.717, 1.165) is 44.6 Å². The van der Waals surface area contributed by atoms with Gasteiger partial charge in [0.2, 0.25) is 5.91 Å². The lowest BCUT2D eigenvalue weighted by Gasteiger charge is -2.26. The number of aromatic nitrogens is 2. The number of amides is 1. The van der Waals surface area contributed by atoms with E-state index < -0.39 is 0 Å². The van der Waals surface area contributed by atoms with Crippen LogP contribution in [-0.2, 0) is 11.2 Å². The van der Waals surface area contributed by atoms with E-state index in [2.05, 4.69) is 22.2 Å². The van der Waals surface area contributed by atoms with Gasteiger partial charge in [0.15, 0.2) is 0 Å². The standard InChI is InChI=1S/C14H23N5O/c1-2-6-12-17-11(15)9-13(18-12)16-10-14(20)19-7-4-3-5-8-19/h9H,2-8,10H2,1H3,(H3,15,16,17,18). The molecule has 1 aliphatic rings. The molecule has 0 spiro atoms. The molecule has 0 atom stereocenters. The number of hydrogen-bond donors (Lipinski definition) is 2. The van der Waals surface area contributed by atoms with Crippen molar-refractivity contribution in [2.45, 2.75) is 39.0 Å². The Labute approximate surface area is 119 Å². The van der Waals surface area contributed by atoms with Crippen molar-refractivity contribution in [1.82, 2.24) is 14.9 Å². The van der Waals surface area contributed by atoms with Crippen LogP contribution in [0, 0.1) is 0 Å². The number of piperidine rings is 1. The molecule has 6 nitrogen and oxygen atoms in total. The third kappa shape index (κ3) is 4.08. The summed E-state index contributed by atoms with van der Waals surface area (Å²) in [4.78, 5) is 22.5. The average Bonchev–Trinajstić information content (AvgIpc) is 2.45. The largest absolute Gasteiger partial charge is 0.384 e. The van der Waals surface area contributed by atoms with Gasteiger partial charge in [0.25, 0.3) is 0 Å². The van der Waals surface area contributed by atoms with E-state index >= 15 is 0 Å². The van der Waals surface area contributed by atoms with Crippen LogP contribution < -0.4 is 11.1 Å². The van der Waals surface area contributed by atoms with Gasteiger partial charge < -0.3 is 16.0 Å². The second-order valence-corrected chi connectivity index (χ2v) is 5.14. The third-order valence-corrected chi connectivity index (χ3v) is 3.40. The molecular weight excluding hydrogens is 254 g/mol. The highest BCUT2D eigenvalue weighted by molar-refractivity contribution is 5.80. The maximum atomic E-state index is 12.1. The van der Waals surface area contributed by atoms with Crippen molar-refractivity contribution in [2.75, 3.05) is 30.7 Å². The molecule has 1 saturated heterocycles. The number of likely N-dealkylation sites (tertiary alicyclic amines) is 1. The number of carbonyl (C=O) groups is 1. The molecule has 2 rings (SSSR count). The van der Waals surface area contributed by atoms with Gasteiger partial charge in [-0.25, -0.2) is 9.97 Å². The molecule has 0 radical (unpaired) electrons. The second kappa shape index (κ2) is 7.07. The summed E-state index contributed by atoms with van der Waals surface area (Å²) < 4.78 is 0. The molecule has 20 heavy (non-hydrogen) atoms. The molecule has 0 bridgehead atoms. The van der Waals surface area contributed by atoms with Gasteiger partial charge in [-0.05, 0) is 25.7 Å². The summed E-state index contributed by atoms with van der Waals surface area (Å²) in [7, 11) is 0. The van der Waals surface area contributed by atoms with Crippen molar-refractivity contribution in [2.24, 2.45) is 0 Å². The predicted molar refractivity (Wildman–Crippen MR) is 79.4 cm³/mol. The SMILES string of the molecule is CCCc1nc(N)cc(NCC(=O)N2CCCCC2)n1. The normalized spacial score (nSPS) is 15.2. The Hall–Kier alpha value is -1.85. The topological polar surface area (TPSA) is 84.1 Å². The molecule has 1 amide bonds. The van der Waals surface area contributed by atoms with Gasteiger partial charge in [-0.3, -0.25) is 4.79 Å². The molecule has 3 N–H and O–H groups in total. The molecule has 0 saturated carbocycles. The van der Waals surface area contributed by atoms with Crippen LogP contribution in [0.1, 0.15) is 38.4 Å². The quantitative estimate of drug-likeness (QED) is 0.850. The van der Waals surface area contributed by atoms with Crippen molar-refractivity contribution < 1.29 is 4.79 Å². The van der Waals surface area contributed by atoms with Gasteiger partial charge in [0, 0.05) is 25.6 Å². The lowest BCUT2D eigenvalue weighted by Crippen LogP contribution is -2.39. The van der Waals surface area contributed by atoms with E-state index in [9.17, 15) is 4.79 Å². The van der Waals surface area contributed by atoms with Crippen LogP contribution in [0.15, 0.2) is 6.07 Å². The van der Waals surface area contributed by atoms with Gasteiger partial charge in [-0.2, -0.15) is 0 Å². The van der Waals surface area contributed by atoms with Gasteiger partial charge >= 0.3 is 0 Å². The van der Waals surface area contributed by atoms with E-state index in [1.54, 1.807) is 6.07 Å². The second-order valence-electron chi connectivity index (χ2n) is 5.14. The minimum atomic E-state index is 0.124. The lowest BCUT2D eigenvalue weighted by molar-refractivity contribution is -0.130. The van der Waals surface area contributed by atoms with E-state index in [1.807, 2.05) is 4.90 Å². The Kier molecular flexibility index (Phi) is 5.15. The molecule has 6 heteroatoms. The highest BCUT2D eigenvalue weighted by Gasteiger charge is 2.16. The van der Waals surface area contributed by atoms with E-state index in [1.165, 1.54) is 6.42 Å². The number of hydrogen-bond acceptors (Lipinski definition) is 5.